The standard InChI is InChI=1S/C24H33FN4O2S2/c1-28(2)33-27-22-10-11-29(24(30)23-13-26-16-32-23)14-19(22)15-31-21-8-6-17(7-9-21)18-4-3-5-20(25)12-18/h3-5,12-13,16-17,19,21-22,27H,6-11,14-15H2,1-2H3/t17-,19-,21+,22?/m0/s1. The molecule has 1 aromatic heterocycles. The number of hydrogen-bond donors (Lipinski definition) is 1. The lowest BCUT2D eigenvalue weighted by atomic mass is 9.82. The Kier molecular flexibility index (Phi) is 8.76. The minimum Gasteiger partial charge on any atom is -0.378 e. The molecule has 1 N–H and O–H groups in total. The molecule has 0 radical (unpaired) electrons. The lowest BCUT2D eigenvalue weighted by molar-refractivity contribution is -0.0147. The van der Waals surface area contributed by atoms with Gasteiger partial charge in [0.1, 0.15) is 10.7 Å². The Labute approximate surface area is 204 Å². The molecule has 1 aliphatic carbocycles. The fourth-order valence-corrected chi connectivity index (χ4v) is 6.02. The second-order valence-electron chi connectivity index (χ2n) is 9.16. The molecular weight excluding hydrogens is 459 g/mol. The summed E-state index contributed by atoms with van der Waals surface area (Å²) < 4.78 is 25.6. The highest BCUT2D eigenvalue weighted by Gasteiger charge is 2.34. The highest BCUT2D eigenvalue weighted by Crippen LogP contribution is 2.35. The molecule has 2 aliphatic rings. The third-order valence-corrected chi connectivity index (χ3v) is 8.13. The van der Waals surface area contributed by atoms with Crippen LogP contribution in [0, 0.1) is 11.7 Å². The molecule has 2 atom stereocenters. The van der Waals surface area contributed by atoms with Crippen LogP contribution in [0.1, 0.15) is 53.3 Å². The van der Waals surface area contributed by atoms with Gasteiger partial charge in [0.15, 0.2) is 0 Å². The van der Waals surface area contributed by atoms with Crippen LogP contribution in [0.25, 0.3) is 0 Å². The zero-order valence-corrected chi connectivity index (χ0v) is 20.9. The van der Waals surface area contributed by atoms with E-state index >= 15 is 0 Å². The van der Waals surface area contributed by atoms with Gasteiger partial charge < -0.3 is 9.64 Å². The van der Waals surface area contributed by atoms with E-state index in [9.17, 15) is 9.18 Å². The van der Waals surface area contributed by atoms with Gasteiger partial charge in [0.25, 0.3) is 5.91 Å². The minimum atomic E-state index is -0.158. The Morgan fingerprint density at radius 3 is 2.82 bits per heavy atom. The number of halogens is 1. The Morgan fingerprint density at radius 2 is 2.12 bits per heavy atom. The molecule has 0 bridgehead atoms. The van der Waals surface area contributed by atoms with Crippen molar-refractivity contribution in [2.75, 3.05) is 33.8 Å². The molecule has 2 aromatic rings. The summed E-state index contributed by atoms with van der Waals surface area (Å²) in [4.78, 5) is 19.6. The van der Waals surface area contributed by atoms with Gasteiger partial charge in [-0.15, -0.1) is 11.3 Å². The molecule has 1 aliphatic heterocycles. The fourth-order valence-electron chi connectivity index (χ4n) is 4.77. The molecule has 4 rings (SSSR count). The number of hydrogen-bond acceptors (Lipinski definition) is 7. The minimum absolute atomic E-state index is 0.0665. The lowest BCUT2D eigenvalue weighted by Gasteiger charge is -2.39. The first-order valence-electron chi connectivity index (χ1n) is 11.6. The topological polar surface area (TPSA) is 57.7 Å². The van der Waals surface area contributed by atoms with E-state index in [1.54, 1.807) is 36.0 Å². The predicted octanol–water partition coefficient (Wildman–Crippen LogP) is 4.57. The van der Waals surface area contributed by atoms with Crippen molar-refractivity contribution < 1.29 is 13.9 Å². The number of benzene rings is 1. The monoisotopic (exact) mass is 492 g/mol. The Balaban J connectivity index is 1.31. The van der Waals surface area contributed by atoms with Crippen LogP contribution in [0.2, 0.25) is 0 Å². The van der Waals surface area contributed by atoms with E-state index in [-0.39, 0.29) is 29.8 Å². The summed E-state index contributed by atoms with van der Waals surface area (Å²) >= 11 is 2.99. The van der Waals surface area contributed by atoms with Crippen molar-refractivity contribution in [3.63, 3.8) is 0 Å². The smallest absolute Gasteiger partial charge is 0.265 e. The van der Waals surface area contributed by atoms with Crippen molar-refractivity contribution in [2.45, 2.75) is 50.2 Å². The molecular formula is C24H33FN4O2S2. The van der Waals surface area contributed by atoms with Crippen molar-refractivity contribution in [2.24, 2.45) is 5.92 Å². The van der Waals surface area contributed by atoms with Crippen LogP contribution in [-0.2, 0) is 4.74 Å². The van der Waals surface area contributed by atoms with Crippen LogP contribution in [0.3, 0.4) is 0 Å². The number of carbonyl (C=O) groups is 1. The molecule has 9 heteroatoms. The van der Waals surface area contributed by atoms with E-state index in [0.717, 1.165) is 44.2 Å². The summed E-state index contributed by atoms with van der Waals surface area (Å²) in [6.07, 6.45) is 6.79. The summed E-state index contributed by atoms with van der Waals surface area (Å²) in [5.74, 6) is 0.546. The summed E-state index contributed by atoms with van der Waals surface area (Å²) in [5.41, 5.74) is 2.80. The maximum Gasteiger partial charge on any atom is 0.265 e. The fraction of sp³-hybridized carbons (Fsp3) is 0.583. The molecule has 1 saturated heterocycles. The number of nitrogens with zero attached hydrogens (tertiary/aromatic N) is 3. The highest BCUT2D eigenvalue weighted by molar-refractivity contribution is 7.95. The Bertz CT molecular complexity index is 890. The van der Waals surface area contributed by atoms with Crippen molar-refractivity contribution in [3.8, 4) is 0 Å². The van der Waals surface area contributed by atoms with E-state index in [2.05, 4.69) is 9.71 Å². The summed E-state index contributed by atoms with van der Waals surface area (Å²) in [6, 6.07) is 7.29. The van der Waals surface area contributed by atoms with Crippen LogP contribution < -0.4 is 4.72 Å². The van der Waals surface area contributed by atoms with Crippen molar-refractivity contribution in [1.29, 1.82) is 0 Å². The zero-order chi connectivity index (χ0) is 23.2. The first-order valence-corrected chi connectivity index (χ1v) is 13.3. The van der Waals surface area contributed by atoms with Gasteiger partial charge in [-0.25, -0.2) is 13.4 Å². The SMILES string of the molecule is CN(C)SNC1CCN(C(=O)c2cncs2)C[C@H]1CO[C@H]1CC[C@@H](c2cccc(F)c2)CC1. The van der Waals surface area contributed by atoms with E-state index in [1.165, 1.54) is 17.4 Å². The number of carbonyl (C=O) groups excluding carboxylic acids is 1. The van der Waals surface area contributed by atoms with Crippen LogP contribution in [0.15, 0.2) is 36.0 Å². The number of likely N-dealkylation sites (tertiary alicyclic amines) is 1. The van der Waals surface area contributed by atoms with Gasteiger partial charge in [-0.1, -0.05) is 12.1 Å². The van der Waals surface area contributed by atoms with Gasteiger partial charge in [-0.05, 0) is 69.8 Å². The quantitative estimate of drug-likeness (QED) is 0.545. The maximum atomic E-state index is 13.6. The largest absolute Gasteiger partial charge is 0.378 e. The van der Waals surface area contributed by atoms with Gasteiger partial charge >= 0.3 is 0 Å². The van der Waals surface area contributed by atoms with E-state index in [4.69, 9.17) is 4.74 Å². The number of nitrogens with one attached hydrogen (secondary N) is 1. The summed E-state index contributed by atoms with van der Waals surface area (Å²) in [5, 5.41) is 0. The van der Waals surface area contributed by atoms with Crippen LogP contribution in [0.5, 0.6) is 0 Å². The third-order valence-electron chi connectivity index (χ3n) is 6.59. The first kappa shape index (κ1) is 24.6. The van der Waals surface area contributed by atoms with Gasteiger partial charge in [0.05, 0.1) is 24.4 Å². The Hall–Kier alpha value is -1.52. The van der Waals surface area contributed by atoms with Crippen molar-refractivity contribution >= 4 is 29.4 Å². The molecule has 0 spiro atoms. The first-order chi connectivity index (χ1) is 16.0. The molecule has 1 aromatic carbocycles. The van der Waals surface area contributed by atoms with E-state index in [1.807, 2.05) is 29.4 Å². The van der Waals surface area contributed by atoms with Gasteiger partial charge in [-0.2, -0.15) is 0 Å². The van der Waals surface area contributed by atoms with E-state index in [0.29, 0.717) is 23.9 Å². The van der Waals surface area contributed by atoms with Crippen molar-refractivity contribution in [3.05, 3.63) is 52.2 Å². The number of ether oxygens (including phenoxy) is 1. The maximum absolute atomic E-state index is 13.6. The number of piperidine rings is 1. The molecule has 6 nitrogen and oxygen atoms in total. The highest BCUT2D eigenvalue weighted by atomic mass is 32.2. The second kappa shape index (κ2) is 11.8. The number of aromatic nitrogens is 1. The molecule has 2 heterocycles. The van der Waals surface area contributed by atoms with Gasteiger partial charge in [-0.3, -0.25) is 9.78 Å². The number of rotatable bonds is 8. The van der Waals surface area contributed by atoms with Gasteiger partial charge in [0, 0.05) is 37.2 Å². The molecule has 1 saturated carbocycles. The van der Waals surface area contributed by atoms with E-state index < -0.39 is 0 Å². The Morgan fingerprint density at radius 1 is 1.30 bits per heavy atom. The lowest BCUT2D eigenvalue weighted by Crippen LogP contribution is -2.51. The molecule has 33 heavy (non-hydrogen) atoms. The molecule has 1 amide bonds. The van der Waals surface area contributed by atoms with Crippen LogP contribution in [-0.4, -0.2) is 66.0 Å². The third kappa shape index (κ3) is 6.76. The average molecular weight is 493 g/mol. The molecule has 180 valence electrons. The predicted molar refractivity (Wildman–Crippen MR) is 132 cm³/mol. The zero-order valence-electron chi connectivity index (χ0n) is 19.3. The number of thiazole rings is 1. The second-order valence-corrected chi connectivity index (χ2v) is 11.2. The average Bonchev–Trinajstić information content (AvgIpc) is 3.36. The summed E-state index contributed by atoms with van der Waals surface area (Å²) in [6.45, 7) is 2.05. The summed E-state index contributed by atoms with van der Waals surface area (Å²) in [7, 11) is 4.03. The molecule has 1 unspecified atom stereocenters. The normalized spacial score (nSPS) is 26.0. The number of amides is 1. The van der Waals surface area contributed by atoms with Crippen LogP contribution in [0.4, 0.5) is 4.39 Å². The van der Waals surface area contributed by atoms with Gasteiger partial charge in [0.2, 0.25) is 0 Å². The van der Waals surface area contributed by atoms with Crippen molar-refractivity contribution in [1.82, 2.24) is 18.9 Å². The van der Waals surface area contributed by atoms with Crippen LogP contribution >= 0.6 is 23.5 Å². The molecule has 2 fully saturated rings.